The Morgan fingerprint density at radius 2 is 2.32 bits per heavy atom. The minimum atomic E-state index is 0.0620. The van der Waals surface area contributed by atoms with Gasteiger partial charge in [0.2, 0.25) is 5.91 Å². The number of hydrogen-bond acceptors (Lipinski definition) is 3. The summed E-state index contributed by atoms with van der Waals surface area (Å²) in [5.74, 6) is 0.0620. The molecule has 0 radical (unpaired) electrons. The van der Waals surface area contributed by atoms with Crippen molar-refractivity contribution >= 4 is 17.3 Å². The fourth-order valence-corrected chi connectivity index (χ4v) is 2.53. The quantitative estimate of drug-likeness (QED) is 0.855. The molecule has 0 spiro atoms. The molecule has 2 N–H and O–H groups in total. The zero-order chi connectivity index (χ0) is 13.7. The molecule has 2 rings (SSSR count). The van der Waals surface area contributed by atoms with Crippen molar-refractivity contribution in [3.8, 4) is 0 Å². The number of aryl methyl sites for hydroxylation is 1. The normalized spacial score (nSPS) is 14.1. The first-order valence-electron chi connectivity index (χ1n) is 7.03. The number of rotatable bonds is 5. The van der Waals surface area contributed by atoms with E-state index in [9.17, 15) is 4.79 Å². The molecule has 4 nitrogen and oxygen atoms in total. The minimum Gasteiger partial charge on any atom is -0.395 e. The fourth-order valence-electron chi connectivity index (χ4n) is 2.53. The van der Waals surface area contributed by atoms with Crippen LogP contribution in [0.4, 0.5) is 11.4 Å². The second kappa shape index (κ2) is 6.57. The Morgan fingerprint density at radius 3 is 3.05 bits per heavy atom. The highest BCUT2D eigenvalue weighted by Gasteiger charge is 2.17. The van der Waals surface area contributed by atoms with Crippen molar-refractivity contribution < 1.29 is 9.90 Å². The summed E-state index contributed by atoms with van der Waals surface area (Å²) < 4.78 is 0. The predicted octanol–water partition coefficient (Wildman–Crippen LogP) is 2.17. The fraction of sp³-hybridized carbons (Fsp3) is 0.533. The van der Waals surface area contributed by atoms with Gasteiger partial charge in [-0.1, -0.05) is 13.0 Å². The monoisotopic (exact) mass is 262 g/mol. The van der Waals surface area contributed by atoms with Gasteiger partial charge >= 0.3 is 0 Å². The highest BCUT2D eigenvalue weighted by molar-refractivity contribution is 5.91. The summed E-state index contributed by atoms with van der Waals surface area (Å²) in [6.45, 7) is 3.78. The second-order valence-corrected chi connectivity index (χ2v) is 4.96. The largest absolute Gasteiger partial charge is 0.395 e. The Labute approximate surface area is 114 Å². The van der Waals surface area contributed by atoms with E-state index in [2.05, 4.69) is 16.3 Å². The molecule has 0 saturated heterocycles. The van der Waals surface area contributed by atoms with Gasteiger partial charge in [0.15, 0.2) is 0 Å². The Hall–Kier alpha value is -1.55. The summed E-state index contributed by atoms with van der Waals surface area (Å²) in [4.78, 5) is 13.8. The predicted molar refractivity (Wildman–Crippen MR) is 77.6 cm³/mol. The molecule has 1 aliphatic heterocycles. The summed E-state index contributed by atoms with van der Waals surface area (Å²) in [7, 11) is 0. The van der Waals surface area contributed by atoms with Crippen LogP contribution in [0.3, 0.4) is 0 Å². The zero-order valence-electron chi connectivity index (χ0n) is 11.5. The number of aliphatic hydroxyl groups excluding tert-OH is 1. The lowest BCUT2D eigenvalue weighted by atomic mass is 10.0. The van der Waals surface area contributed by atoms with Gasteiger partial charge in [0.25, 0.3) is 0 Å². The van der Waals surface area contributed by atoms with Crippen molar-refractivity contribution in [2.24, 2.45) is 0 Å². The molecule has 0 fully saturated rings. The van der Waals surface area contributed by atoms with Crippen molar-refractivity contribution in [3.05, 3.63) is 23.8 Å². The molecular formula is C15H22N2O2. The van der Waals surface area contributed by atoms with E-state index in [4.69, 9.17) is 5.11 Å². The Morgan fingerprint density at radius 1 is 1.47 bits per heavy atom. The molecule has 1 heterocycles. The van der Waals surface area contributed by atoms with Crippen molar-refractivity contribution in [2.75, 3.05) is 29.9 Å². The molecule has 104 valence electrons. The third kappa shape index (κ3) is 3.47. The number of hydrogen-bond donors (Lipinski definition) is 2. The van der Waals surface area contributed by atoms with Gasteiger partial charge < -0.3 is 15.3 Å². The first-order valence-corrected chi connectivity index (χ1v) is 7.03. The van der Waals surface area contributed by atoms with E-state index in [-0.39, 0.29) is 12.5 Å². The van der Waals surface area contributed by atoms with Gasteiger partial charge in [-0.3, -0.25) is 4.79 Å². The number of anilines is 2. The van der Waals surface area contributed by atoms with E-state index in [1.165, 1.54) is 5.56 Å². The maximum Gasteiger partial charge on any atom is 0.224 e. The van der Waals surface area contributed by atoms with E-state index in [0.717, 1.165) is 37.2 Å². The molecule has 0 aliphatic carbocycles. The molecule has 0 saturated carbocycles. The topological polar surface area (TPSA) is 52.6 Å². The maximum absolute atomic E-state index is 11.6. The number of nitrogens with zero attached hydrogens (tertiary/aromatic N) is 1. The number of amides is 1. The standard InChI is InChI=1S/C15H22N2O2/c1-2-4-15(19)16-13-7-6-12-5-3-8-17(9-10-18)14(12)11-13/h6-7,11,18H,2-5,8-10H2,1H3,(H,16,19). The first kappa shape index (κ1) is 13.9. The van der Waals surface area contributed by atoms with E-state index in [1.807, 2.05) is 19.1 Å². The highest BCUT2D eigenvalue weighted by atomic mass is 16.3. The van der Waals surface area contributed by atoms with Gasteiger partial charge in [0, 0.05) is 30.9 Å². The lowest BCUT2D eigenvalue weighted by molar-refractivity contribution is -0.116. The van der Waals surface area contributed by atoms with Gasteiger partial charge in [0.1, 0.15) is 0 Å². The van der Waals surface area contributed by atoms with Crippen LogP contribution in [0.1, 0.15) is 31.7 Å². The summed E-state index contributed by atoms with van der Waals surface area (Å²) in [6, 6.07) is 6.08. The Balaban J connectivity index is 2.16. The number of carbonyl (C=O) groups is 1. The molecule has 0 bridgehead atoms. The number of benzene rings is 1. The van der Waals surface area contributed by atoms with E-state index in [1.54, 1.807) is 0 Å². The minimum absolute atomic E-state index is 0.0620. The molecule has 0 unspecified atom stereocenters. The molecule has 1 aromatic rings. The van der Waals surface area contributed by atoms with Crippen molar-refractivity contribution in [1.29, 1.82) is 0 Å². The third-order valence-electron chi connectivity index (χ3n) is 3.43. The van der Waals surface area contributed by atoms with E-state index >= 15 is 0 Å². The molecule has 1 aromatic carbocycles. The van der Waals surface area contributed by atoms with Gasteiger partial charge in [-0.25, -0.2) is 0 Å². The van der Waals surface area contributed by atoms with Crippen LogP contribution in [0.25, 0.3) is 0 Å². The molecule has 0 aromatic heterocycles. The Kier molecular flexibility index (Phi) is 4.80. The van der Waals surface area contributed by atoms with Gasteiger partial charge in [0.05, 0.1) is 6.61 Å². The van der Waals surface area contributed by atoms with Crippen LogP contribution in [0.2, 0.25) is 0 Å². The number of fused-ring (bicyclic) bond motifs is 1. The van der Waals surface area contributed by atoms with Crippen LogP contribution in [0, 0.1) is 0 Å². The van der Waals surface area contributed by atoms with Crippen LogP contribution in [0.15, 0.2) is 18.2 Å². The summed E-state index contributed by atoms with van der Waals surface area (Å²) in [5, 5.41) is 12.0. The van der Waals surface area contributed by atoms with Crippen LogP contribution in [-0.4, -0.2) is 30.7 Å². The number of β-amino-alcohol motifs (C(OH)–C–C–N with tert-alkyl or cyclic N) is 1. The van der Waals surface area contributed by atoms with Gasteiger partial charge in [-0.05, 0) is 37.0 Å². The smallest absolute Gasteiger partial charge is 0.224 e. The average molecular weight is 262 g/mol. The molecule has 19 heavy (non-hydrogen) atoms. The molecule has 1 aliphatic rings. The summed E-state index contributed by atoms with van der Waals surface area (Å²) in [5.41, 5.74) is 3.30. The highest BCUT2D eigenvalue weighted by Crippen LogP contribution is 2.29. The van der Waals surface area contributed by atoms with Crippen molar-refractivity contribution in [1.82, 2.24) is 0 Å². The summed E-state index contributed by atoms with van der Waals surface area (Å²) in [6.07, 6.45) is 3.60. The van der Waals surface area contributed by atoms with Crippen LogP contribution in [-0.2, 0) is 11.2 Å². The summed E-state index contributed by atoms with van der Waals surface area (Å²) >= 11 is 0. The van der Waals surface area contributed by atoms with Crippen molar-refractivity contribution in [2.45, 2.75) is 32.6 Å². The van der Waals surface area contributed by atoms with Crippen molar-refractivity contribution in [3.63, 3.8) is 0 Å². The Bertz CT molecular complexity index is 446. The van der Waals surface area contributed by atoms with Crippen LogP contribution in [0.5, 0.6) is 0 Å². The number of carbonyl (C=O) groups excluding carboxylic acids is 1. The molecule has 0 atom stereocenters. The number of aliphatic hydroxyl groups is 1. The SMILES string of the molecule is CCCC(=O)Nc1ccc2c(c1)N(CCO)CCC2. The molecule has 1 amide bonds. The maximum atomic E-state index is 11.6. The lowest BCUT2D eigenvalue weighted by Crippen LogP contribution is -2.32. The zero-order valence-corrected chi connectivity index (χ0v) is 11.5. The molecular weight excluding hydrogens is 240 g/mol. The third-order valence-corrected chi connectivity index (χ3v) is 3.43. The number of nitrogens with one attached hydrogen (secondary N) is 1. The van der Waals surface area contributed by atoms with E-state index < -0.39 is 0 Å². The van der Waals surface area contributed by atoms with E-state index in [0.29, 0.717) is 13.0 Å². The average Bonchev–Trinajstić information content (AvgIpc) is 2.40. The lowest BCUT2D eigenvalue weighted by Gasteiger charge is -2.31. The van der Waals surface area contributed by atoms with Crippen LogP contribution >= 0.6 is 0 Å². The second-order valence-electron chi connectivity index (χ2n) is 4.96. The first-order chi connectivity index (χ1) is 9.24. The molecule has 4 heteroatoms. The van der Waals surface area contributed by atoms with Crippen LogP contribution < -0.4 is 10.2 Å². The van der Waals surface area contributed by atoms with Gasteiger partial charge in [-0.2, -0.15) is 0 Å². The van der Waals surface area contributed by atoms with Gasteiger partial charge in [-0.15, -0.1) is 0 Å².